The largest absolute Gasteiger partial charge is 0.457 e. The lowest BCUT2D eigenvalue weighted by molar-refractivity contribution is 0.0475. The Morgan fingerprint density at radius 2 is 1.35 bits per heavy atom. The molecule has 1 saturated carbocycles. The first-order chi connectivity index (χ1) is 19.1. The number of carbonyl (C=O) groups is 2. The van der Waals surface area contributed by atoms with Gasteiger partial charge in [-0.2, -0.15) is 5.26 Å². The number of nitrogens with one attached hydrogen (secondary N) is 2. The van der Waals surface area contributed by atoms with Crippen LogP contribution in [0.5, 0.6) is 23.0 Å². The molecule has 2 unspecified atom stereocenters. The molecule has 2 amide bonds. The van der Waals surface area contributed by atoms with Gasteiger partial charge in [0.1, 0.15) is 28.6 Å². The van der Waals surface area contributed by atoms with Crippen LogP contribution in [0.3, 0.4) is 0 Å². The Hall–Kier alpha value is -4.03. The second kappa shape index (κ2) is 12.9. The lowest BCUT2D eigenvalue weighted by Gasteiger charge is -2.33. The zero-order valence-electron chi connectivity index (χ0n) is 22.7. The van der Waals surface area contributed by atoms with Crippen LogP contribution in [0.2, 0.25) is 0 Å². The molecule has 3 aromatic rings. The van der Waals surface area contributed by atoms with Gasteiger partial charge in [-0.3, -0.25) is 4.79 Å². The minimum Gasteiger partial charge on any atom is -0.457 e. The number of ether oxygens (including phenoxy) is 3. The third-order valence-corrected chi connectivity index (χ3v) is 6.72. The topological polar surface area (TPSA) is 110 Å². The summed E-state index contributed by atoms with van der Waals surface area (Å²) >= 11 is 3.42. The lowest BCUT2D eigenvalue weighted by Crippen LogP contribution is -2.53. The van der Waals surface area contributed by atoms with Crippen molar-refractivity contribution in [2.45, 2.75) is 64.1 Å². The monoisotopic (exact) mass is 605 g/mol. The first kappa shape index (κ1) is 29.0. The van der Waals surface area contributed by atoms with Crippen LogP contribution in [0, 0.1) is 11.3 Å². The summed E-state index contributed by atoms with van der Waals surface area (Å²) in [6.07, 6.45) is 2.87. The summed E-state index contributed by atoms with van der Waals surface area (Å²) in [5.41, 5.74) is 0.250. The normalized spacial score (nSPS) is 16.8. The number of carbonyl (C=O) groups excluding carboxylic acids is 2. The van der Waals surface area contributed by atoms with E-state index < -0.39 is 11.7 Å². The molecule has 0 saturated heterocycles. The molecule has 9 heteroatoms. The molecular weight excluding hydrogens is 574 g/mol. The average Bonchev–Trinajstić information content (AvgIpc) is 2.90. The van der Waals surface area contributed by atoms with E-state index in [2.05, 4.69) is 32.6 Å². The molecule has 0 radical (unpaired) electrons. The summed E-state index contributed by atoms with van der Waals surface area (Å²) in [5.74, 6) is 1.62. The molecule has 2 atom stereocenters. The van der Waals surface area contributed by atoms with Crippen LogP contribution in [0.1, 0.15) is 62.4 Å². The van der Waals surface area contributed by atoms with Crippen LogP contribution < -0.4 is 20.1 Å². The lowest BCUT2D eigenvalue weighted by atomic mass is 9.90. The van der Waals surface area contributed by atoms with Crippen LogP contribution in [0.25, 0.3) is 0 Å². The van der Waals surface area contributed by atoms with E-state index in [1.165, 1.54) is 0 Å². The molecule has 1 aliphatic carbocycles. The van der Waals surface area contributed by atoms with E-state index in [9.17, 15) is 9.59 Å². The molecular formula is C31H32BrN3O5. The van der Waals surface area contributed by atoms with Crippen molar-refractivity contribution in [2.24, 2.45) is 0 Å². The Morgan fingerprint density at radius 1 is 0.825 bits per heavy atom. The first-order valence-electron chi connectivity index (χ1n) is 13.1. The fourth-order valence-corrected chi connectivity index (χ4v) is 4.64. The van der Waals surface area contributed by atoms with Gasteiger partial charge in [-0.15, -0.1) is 0 Å². The molecule has 2 N–H and O–H groups in total. The van der Waals surface area contributed by atoms with E-state index in [-0.39, 0.29) is 18.0 Å². The number of nitriles is 1. The first-order valence-corrected chi connectivity index (χ1v) is 13.9. The zero-order chi connectivity index (χ0) is 28.7. The van der Waals surface area contributed by atoms with Crippen LogP contribution in [-0.4, -0.2) is 29.7 Å². The molecule has 1 fully saturated rings. The Balaban J connectivity index is 1.55. The fourth-order valence-electron chi connectivity index (χ4n) is 4.38. The Labute approximate surface area is 242 Å². The maximum atomic E-state index is 13.5. The summed E-state index contributed by atoms with van der Waals surface area (Å²) < 4.78 is 18.4. The van der Waals surface area contributed by atoms with Gasteiger partial charge >= 0.3 is 6.09 Å². The standard InChI is InChI=1S/C31H32BrN3O5/c1-31(2,3)40-30(37)35-28-7-5-4-6-27(28)34-29(36)21-16-25(38-23-12-8-20(19-33)9-13-23)18-26(17-21)39-24-14-10-22(32)11-15-24/h8-18,27-28H,4-7H2,1-3H3,(H,34,36)(H,35,37). The van der Waals surface area contributed by atoms with Crippen molar-refractivity contribution in [2.75, 3.05) is 0 Å². The second-order valence-corrected chi connectivity index (χ2v) is 11.5. The predicted molar refractivity (Wildman–Crippen MR) is 155 cm³/mol. The maximum absolute atomic E-state index is 13.5. The highest BCUT2D eigenvalue weighted by atomic mass is 79.9. The molecule has 40 heavy (non-hydrogen) atoms. The van der Waals surface area contributed by atoms with Gasteiger partial charge in [0, 0.05) is 22.1 Å². The van der Waals surface area contributed by atoms with Gasteiger partial charge in [0.15, 0.2) is 0 Å². The molecule has 4 rings (SSSR count). The van der Waals surface area contributed by atoms with Crippen LogP contribution in [-0.2, 0) is 4.74 Å². The highest BCUT2D eigenvalue weighted by Gasteiger charge is 2.30. The van der Waals surface area contributed by atoms with Gasteiger partial charge in [-0.25, -0.2) is 4.79 Å². The van der Waals surface area contributed by atoms with E-state index in [0.29, 0.717) is 34.1 Å². The number of benzene rings is 3. The second-order valence-electron chi connectivity index (χ2n) is 10.6. The molecule has 3 aromatic carbocycles. The average molecular weight is 607 g/mol. The van der Waals surface area contributed by atoms with Gasteiger partial charge in [-0.1, -0.05) is 28.8 Å². The quantitative estimate of drug-likeness (QED) is 0.289. The SMILES string of the molecule is CC(C)(C)OC(=O)NC1CCCCC1NC(=O)c1cc(Oc2ccc(Br)cc2)cc(Oc2ccc(C#N)cc2)c1. The molecule has 0 bridgehead atoms. The van der Waals surface area contributed by atoms with Crippen molar-refractivity contribution in [1.29, 1.82) is 5.26 Å². The van der Waals surface area contributed by atoms with E-state index in [1.54, 1.807) is 42.5 Å². The highest BCUT2D eigenvalue weighted by molar-refractivity contribution is 9.10. The zero-order valence-corrected chi connectivity index (χ0v) is 24.3. The fraction of sp³-hybridized carbons (Fsp3) is 0.323. The number of nitrogens with zero attached hydrogens (tertiary/aromatic N) is 1. The summed E-state index contributed by atoms with van der Waals surface area (Å²) in [5, 5.41) is 15.1. The van der Waals surface area contributed by atoms with Gasteiger partial charge in [0.2, 0.25) is 0 Å². The van der Waals surface area contributed by atoms with Crippen molar-refractivity contribution < 1.29 is 23.8 Å². The number of alkyl carbamates (subject to hydrolysis) is 1. The van der Waals surface area contributed by atoms with Crippen LogP contribution in [0.15, 0.2) is 71.2 Å². The minimum atomic E-state index is -0.613. The van der Waals surface area contributed by atoms with Crippen molar-refractivity contribution >= 4 is 27.9 Å². The smallest absolute Gasteiger partial charge is 0.407 e. The summed E-state index contributed by atoms with van der Waals surface area (Å²) in [7, 11) is 0. The Kier molecular flexibility index (Phi) is 9.33. The Bertz CT molecular complexity index is 1380. The number of hydrogen-bond donors (Lipinski definition) is 2. The van der Waals surface area contributed by atoms with Crippen LogP contribution in [0.4, 0.5) is 4.79 Å². The summed E-state index contributed by atoms with van der Waals surface area (Å²) in [6.45, 7) is 5.44. The van der Waals surface area contributed by atoms with E-state index >= 15 is 0 Å². The van der Waals surface area contributed by atoms with Crippen molar-refractivity contribution in [1.82, 2.24) is 10.6 Å². The molecule has 0 aromatic heterocycles. The molecule has 208 valence electrons. The van der Waals surface area contributed by atoms with E-state index in [1.807, 2.05) is 45.0 Å². The van der Waals surface area contributed by atoms with E-state index in [4.69, 9.17) is 19.5 Å². The van der Waals surface area contributed by atoms with Gasteiger partial charge in [-0.05, 0) is 94.3 Å². The molecule has 0 aliphatic heterocycles. The molecule has 0 heterocycles. The Morgan fingerprint density at radius 3 is 1.88 bits per heavy atom. The molecule has 0 spiro atoms. The van der Waals surface area contributed by atoms with Gasteiger partial charge in [0.05, 0.1) is 17.7 Å². The number of halogens is 1. The molecule has 1 aliphatic rings. The van der Waals surface area contributed by atoms with Gasteiger partial charge in [0.25, 0.3) is 5.91 Å². The summed E-state index contributed by atoms with van der Waals surface area (Å²) in [6, 6.07) is 20.6. The number of rotatable bonds is 7. The third kappa shape index (κ3) is 8.48. The van der Waals surface area contributed by atoms with Gasteiger partial charge < -0.3 is 24.8 Å². The number of amides is 2. The maximum Gasteiger partial charge on any atom is 0.407 e. The van der Waals surface area contributed by atoms with Crippen LogP contribution >= 0.6 is 15.9 Å². The molecule has 8 nitrogen and oxygen atoms in total. The third-order valence-electron chi connectivity index (χ3n) is 6.20. The number of hydrogen-bond acceptors (Lipinski definition) is 6. The minimum absolute atomic E-state index is 0.246. The predicted octanol–water partition coefficient (Wildman–Crippen LogP) is 7.47. The van der Waals surface area contributed by atoms with Crippen molar-refractivity contribution in [3.8, 4) is 29.1 Å². The van der Waals surface area contributed by atoms with Crippen molar-refractivity contribution in [3.05, 3.63) is 82.3 Å². The van der Waals surface area contributed by atoms with Crippen molar-refractivity contribution in [3.63, 3.8) is 0 Å². The highest BCUT2D eigenvalue weighted by Crippen LogP contribution is 2.31. The summed E-state index contributed by atoms with van der Waals surface area (Å²) in [4.78, 5) is 25.9. The van der Waals surface area contributed by atoms with E-state index in [0.717, 1.165) is 30.2 Å².